The molecule has 4 heteroatoms. The van der Waals surface area contributed by atoms with E-state index in [4.69, 9.17) is 9.47 Å². The minimum atomic E-state index is -0.429. The Labute approximate surface area is 138 Å². The monoisotopic (exact) mass is 317 g/mol. The van der Waals surface area contributed by atoms with Crippen molar-refractivity contribution in [2.75, 3.05) is 27.8 Å². The van der Waals surface area contributed by atoms with Gasteiger partial charge in [0.15, 0.2) is 11.5 Å². The van der Waals surface area contributed by atoms with E-state index in [0.717, 1.165) is 24.5 Å². The minimum Gasteiger partial charge on any atom is -0.493 e. The largest absolute Gasteiger partial charge is 0.493 e. The summed E-state index contributed by atoms with van der Waals surface area (Å²) in [5, 5.41) is 10.5. The van der Waals surface area contributed by atoms with Gasteiger partial charge in [0, 0.05) is 16.9 Å². The molecule has 1 aromatic carbocycles. The maximum absolute atomic E-state index is 10.5. The van der Waals surface area contributed by atoms with Crippen LogP contribution in [0.2, 0.25) is 0 Å². The summed E-state index contributed by atoms with van der Waals surface area (Å²) in [6.07, 6.45) is 4.78. The summed E-state index contributed by atoms with van der Waals surface area (Å²) >= 11 is 0. The number of ether oxygens (including phenoxy) is 2. The Balaban J connectivity index is 2.15. The van der Waals surface area contributed by atoms with Crippen molar-refractivity contribution in [3.63, 3.8) is 0 Å². The summed E-state index contributed by atoms with van der Waals surface area (Å²) in [5.41, 5.74) is 0.908. The number of hydrogen-bond donors (Lipinski definition) is 1. The first-order chi connectivity index (χ1) is 10.9. The second-order valence-electron chi connectivity index (χ2n) is 7.37. The number of likely N-dealkylation sites (tertiary alicyclic amines) is 1. The van der Waals surface area contributed by atoms with Crippen LogP contribution in [0.5, 0.6) is 11.5 Å². The zero-order valence-electron chi connectivity index (χ0n) is 14.7. The van der Waals surface area contributed by atoms with Gasteiger partial charge in [0.05, 0.1) is 20.3 Å². The third kappa shape index (κ3) is 2.27. The Morgan fingerprint density at radius 2 is 1.87 bits per heavy atom. The SMILES string of the molecule is COc1ccc([C@@]23C=C[C@H](O)C(C)(C)[C@@H]2N(C)CC3)cc1OC. The third-order valence-corrected chi connectivity index (χ3v) is 5.77. The number of nitrogens with zero attached hydrogens (tertiary/aromatic N) is 1. The van der Waals surface area contributed by atoms with E-state index in [2.05, 4.69) is 44.0 Å². The van der Waals surface area contributed by atoms with E-state index >= 15 is 0 Å². The standard InChI is InChI=1S/C19H27NO3/c1-18(2)16(21)8-9-19(10-11-20(3)17(18)19)13-6-7-14(22-4)15(12-13)23-5/h6-9,12,16-17,21H,10-11H2,1-5H3/t16-,17-,19-/m0/s1. The molecule has 1 saturated heterocycles. The van der Waals surface area contributed by atoms with Crippen LogP contribution in [0.4, 0.5) is 0 Å². The van der Waals surface area contributed by atoms with Gasteiger partial charge >= 0.3 is 0 Å². The first-order valence-electron chi connectivity index (χ1n) is 8.17. The highest BCUT2D eigenvalue weighted by molar-refractivity contribution is 5.49. The fraction of sp³-hybridized carbons (Fsp3) is 0.579. The molecule has 2 aliphatic rings. The van der Waals surface area contributed by atoms with Gasteiger partial charge < -0.3 is 19.5 Å². The van der Waals surface area contributed by atoms with Gasteiger partial charge in [0.2, 0.25) is 0 Å². The maximum atomic E-state index is 10.5. The highest BCUT2D eigenvalue weighted by atomic mass is 16.5. The van der Waals surface area contributed by atoms with Gasteiger partial charge in [-0.15, -0.1) is 0 Å². The lowest BCUT2D eigenvalue weighted by atomic mass is 9.59. The van der Waals surface area contributed by atoms with Gasteiger partial charge in [-0.3, -0.25) is 0 Å². The molecule has 0 amide bonds. The number of aliphatic hydroxyl groups is 1. The average Bonchev–Trinajstić information content (AvgIpc) is 2.90. The topological polar surface area (TPSA) is 41.9 Å². The highest BCUT2D eigenvalue weighted by Crippen LogP contribution is 2.53. The molecule has 126 valence electrons. The van der Waals surface area contributed by atoms with E-state index in [1.165, 1.54) is 5.56 Å². The van der Waals surface area contributed by atoms with E-state index in [0.29, 0.717) is 0 Å². The summed E-state index contributed by atoms with van der Waals surface area (Å²) in [7, 11) is 5.48. The van der Waals surface area contributed by atoms with Crippen molar-refractivity contribution in [1.82, 2.24) is 4.90 Å². The number of rotatable bonds is 3. The van der Waals surface area contributed by atoms with Crippen LogP contribution >= 0.6 is 0 Å². The number of benzene rings is 1. The molecule has 0 radical (unpaired) electrons. The second-order valence-corrected chi connectivity index (χ2v) is 7.37. The molecule has 1 aliphatic heterocycles. The summed E-state index contributed by atoms with van der Waals surface area (Å²) in [5.74, 6) is 1.50. The Bertz CT molecular complexity index is 625. The first kappa shape index (κ1) is 16.3. The molecule has 0 saturated carbocycles. The molecule has 0 bridgehead atoms. The second kappa shape index (κ2) is 5.53. The molecule has 1 fully saturated rings. The number of hydrogen-bond acceptors (Lipinski definition) is 4. The molecule has 4 nitrogen and oxygen atoms in total. The number of fused-ring (bicyclic) bond motifs is 1. The molecule has 1 N–H and O–H groups in total. The van der Waals surface area contributed by atoms with Crippen LogP contribution in [-0.4, -0.2) is 50.0 Å². The van der Waals surface area contributed by atoms with Gasteiger partial charge in [-0.25, -0.2) is 0 Å². The van der Waals surface area contributed by atoms with Crippen molar-refractivity contribution in [1.29, 1.82) is 0 Å². The molecule has 0 aromatic heterocycles. The molecule has 1 aliphatic carbocycles. The number of likely N-dealkylation sites (N-methyl/N-ethyl adjacent to an activating group) is 1. The van der Waals surface area contributed by atoms with Gasteiger partial charge in [-0.1, -0.05) is 32.1 Å². The van der Waals surface area contributed by atoms with Gasteiger partial charge in [-0.05, 0) is 37.7 Å². The van der Waals surface area contributed by atoms with E-state index in [1.807, 2.05) is 12.1 Å². The van der Waals surface area contributed by atoms with Crippen molar-refractivity contribution >= 4 is 0 Å². The van der Waals surface area contributed by atoms with E-state index in [-0.39, 0.29) is 16.9 Å². The lowest BCUT2D eigenvalue weighted by Gasteiger charge is -2.50. The highest BCUT2D eigenvalue weighted by Gasteiger charge is 2.56. The Hall–Kier alpha value is -1.52. The molecule has 3 atom stereocenters. The summed E-state index contributed by atoms with van der Waals surface area (Å²) in [4.78, 5) is 2.38. The van der Waals surface area contributed by atoms with Crippen LogP contribution in [0.3, 0.4) is 0 Å². The molecule has 0 unspecified atom stereocenters. The predicted octanol–water partition coefficient (Wildman–Crippen LogP) is 2.60. The summed E-state index contributed by atoms with van der Waals surface area (Å²) in [6, 6.07) is 6.44. The number of methoxy groups -OCH3 is 2. The molecular formula is C19H27NO3. The van der Waals surface area contributed by atoms with Crippen molar-refractivity contribution < 1.29 is 14.6 Å². The number of aliphatic hydroxyl groups excluding tert-OH is 1. The van der Waals surface area contributed by atoms with Crippen LogP contribution in [0, 0.1) is 5.41 Å². The minimum absolute atomic E-state index is 0.100. The van der Waals surface area contributed by atoms with Crippen LogP contribution < -0.4 is 9.47 Å². The van der Waals surface area contributed by atoms with Crippen LogP contribution in [-0.2, 0) is 5.41 Å². The third-order valence-electron chi connectivity index (χ3n) is 5.77. The van der Waals surface area contributed by atoms with Crippen molar-refractivity contribution in [2.24, 2.45) is 5.41 Å². The molecule has 0 spiro atoms. The quantitative estimate of drug-likeness (QED) is 0.870. The summed E-state index contributed by atoms with van der Waals surface area (Å²) < 4.78 is 10.9. The van der Waals surface area contributed by atoms with Crippen molar-refractivity contribution in [3.8, 4) is 11.5 Å². The van der Waals surface area contributed by atoms with Crippen molar-refractivity contribution in [3.05, 3.63) is 35.9 Å². The molecule has 3 rings (SSSR count). The van der Waals surface area contributed by atoms with E-state index < -0.39 is 6.10 Å². The van der Waals surface area contributed by atoms with E-state index in [1.54, 1.807) is 14.2 Å². The predicted molar refractivity (Wildman–Crippen MR) is 91.2 cm³/mol. The summed E-state index contributed by atoms with van der Waals surface area (Å²) in [6.45, 7) is 5.33. The lowest BCUT2D eigenvalue weighted by molar-refractivity contribution is 0.000675. The fourth-order valence-corrected chi connectivity index (χ4v) is 4.62. The Morgan fingerprint density at radius 1 is 1.17 bits per heavy atom. The zero-order chi connectivity index (χ0) is 16.8. The van der Waals surface area contributed by atoms with Crippen LogP contribution in [0.15, 0.2) is 30.4 Å². The van der Waals surface area contributed by atoms with Gasteiger partial charge in [0.25, 0.3) is 0 Å². The normalized spacial score (nSPS) is 32.6. The molecule has 23 heavy (non-hydrogen) atoms. The lowest BCUT2D eigenvalue weighted by Crippen LogP contribution is -2.56. The van der Waals surface area contributed by atoms with Gasteiger partial charge in [0.1, 0.15) is 0 Å². The van der Waals surface area contributed by atoms with Gasteiger partial charge in [-0.2, -0.15) is 0 Å². The van der Waals surface area contributed by atoms with Crippen LogP contribution in [0.1, 0.15) is 25.8 Å². The zero-order valence-corrected chi connectivity index (χ0v) is 14.7. The van der Waals surface area contributed by atoms with E-state index in [9.17, 15) is 5.11 Å². The first-order valence-corrected chi connectivity index (χ1v) is 8.17. The van der Waals surface area contributed by atoms with Crippen molar-refractivity contribution in [2.45, 2.75) is 37.8 Å². The molecule has 1 heterocycles. The maximum Gasteiger partial charge on any atom is 0.161 e. The molecule has 1 aromatic rings. The fourth-order valence-electron chi connectivity index (χ4n) is 4.62. The molecular weight excluding hydrogens is 290 g/mol. The average molecular weight is 317 g/mol. The van der Waals surface area contributed by atoms with Crippen LogP contribution in [0.25, 0.3) is 0 Å². The Kier molecular flexibility index (Phi) is 3.93. The smallest absolute Gasteiger partial charge is 0.161 e. The Morgan fingerprint density at radius 3 is 2.52 bits per heavy atom.